The van der Waals surface area contributed by atoms with E-state index in [0.29, 0.717) is 25.2 Å². The Hall–Kier alpha value is -2.74. The fourth-order valence-electron chi connectivity index (χ4n) is 6.25. The number of fused-ring (bicyclic) bond motifs is 1. The molecule has 0 saturated heterocycles. The highest BCUT2D eigenvalue weighted by atomic mass is 16.5. The number of rotatable bonds is 10. The van der Waals surface area contributed by atoms with E-state index < -0.39 is 0 Å². The van der Waals surface area contributed by atoms with Crippen LogP contribution in [0.2, 0.25) is 0 Å². The molecule has 1 unspecified atom stereocenters. The van der Waals surface area contributed by atoms with E-state index in [1.807, 2.05) is 25.1 Å². The highest BCUT2D eigenvalue weighted by Gasteiger charge is 2.34. The quantitative estimate of drug-likeness (QED) is 0.390. The predicted octanol–water partition coefficient (Wildman–Crippen LogP) is 5.70. The van der Waals surface area contributed by atoms with Gasteiger partial charge in [-0.2, -0.15) is 0 Å². The lowest BCUT2D eigenvalue weighted by Crippen LogP contribution is -2.41. The number of H-pyrrole nitrogens is 1. The summed E-state index contributed by atoms with van der Waals surface area (Å²) in [7, 11) is 0. The highest BCUT2D eigenvalue weighted by molar-refractivity contribution is 5.80. The SMILES string of the molecule is CCCC(c1nnnn1C1CCCC1)N(Cc1cc2cc(OCC)ccc2[nH]c1=O)C1CCCCC1. The first kappa shape index (κ1) is 24.9. The first-order chi connectivity index (χ1) is 17.7. The van der Waals surface area contributed by atoms with Crippen molar-refractivity contribution in [2.45, 2.75) is 109 Å². The zero-order chi connectivity index (χ0) is 24.9. The number of aromatic amines is 1. The standard InChI is InChI=1S/C28H40N6O2/c1-3-10-26(27-30-31-32-34(27)23-13-8-9-14-23)33(22-11-6-5-7-12-22)19-21-17-20-18-24(36-4-2)15-16-25(20)29-28(21)35/h15-18,22-23,26H,3-14,19H2,1-2H3,(H,29,35). The molecule has 2 aliphatic carbocycles. The lowest BCUT2D eigenvalue weighted by atomic mass is 9.91. The average Bonchev–Trinajstić information content (AvgIpc) is 3.59. The Morgan fingerprint density at radius 1 is 1.08 bits per heavy atom. The molecule has 2 aromatic heterocycles. The monoisotopic (exact) mass is 492 g/mol. The highest BCUT2D eigenvalue weighted by Crippen LogP contribution is 2.37. The number of aromatic nitrogens is 5. The van der Waals surface area contributed by atoms with E-state index >= 15 is 0 Å². The van der Waals surface area contributed by atoms with Crippen LogP contribution in [0.5, 0.6) is 5.75 Å². The number of pyridine rings is 1. The summed E-state index contributed by atoms with van der Waals surface area (Å²) in [5, 5.41) is 14.2. The summed E-state index contributed by atoms with van der Waals surface area (Å²) in [5.74, 6) is 1.80. The molecule has 2 fully saturated rings. The van der Waals surface area contributed by atoms with Crippen LogP contribution in [0, 0.1) is 0 Å². The van der Waals surface area contributed by atoms with Crippen LogP contribution in [0.4, 0.5) is 0 Å². The third kappa shape index (κ3) is 5.33. The lowest BCUT2D eigenvalue weighted by molar-refractivity contribution is 0.0798. The van der Waals surface area contributed by atoms with Crippen molar-refractivity contribution < 1.29 is 4.74 Å². The zero-order valence-corrected chi connectivity index (χ0v) is 21.8. The Bertz CT molecular complexity index is 1190. The second-order valence-electron chi connectivity index (χ2n) is 10.5. The maximum absolute atomic E-state index is 13.2. The molecular weight excluding hydrogens is 452 g/mol. The number of hydrogen-bond donors (Lipinski definition) is 1. The summed E-state index contributed by atoms with van der Waals surface area (Å²) < 4.78 is 7.83. The normalized spacial score (nSPS) is 18.3. The molecule has 194 valence electrons. The Balaban J connectivity index is 1.52. The molecule has 36 heavy (non-hydrogen) atoms. The maximum Gasteiger partial charge on any atom is 0.252 e. The van der Waals surface area contributed by atoms with E-state index in [1.165, 1.54) is 32.1 Å². The van der Waals surface area contributed by atoms with Gasteiger partial charge in [0.25, 0.3) is 5.56 Å². The molecule has 8 nitrogen and oxygen atoms in total. The molecule has 0 aliphatic heterocycles. The van der Waals surface area contributed by atoms with E-state index in [9.17, 15) is 4.79 Å². The van der Waals surface area contributed by atoms with Gasteiger partial charge in [0.05, 0.1) is 18.7 Å². The third-order valence-electron chi connectivity index (χ3n) is 8.05. The van der Waals surface area contributed by atoms with E-state index in [2.05, 4.69) is 43.1 Å². The van der Waals surface area contributed by atoms with Crippen LogP contribution in [0.25, 0.3) is 10.9 Å². The smallest absolute Gasteiger partial charge is 0.252 e. The van der Waals surface area contributed by atoms with Crippen molar-refractivity contribution in [3.63, 3.8) is 0 Å². The number of benzene rings is 1. The number of nitrogens with zero attached hydrogens (tertiary/aromatic N) is 5. The number of nitrogens with one attached hydrogen (secondary N) is 1. The van der Waals surface area contributed by atoms with E-state index in [-0.39, 0.29) is 11.6 Å². The molecule has 1 atom stereocenters. The van der Waals surface area contributed by atoms with Gasteiger partial charge >= 0.3 is 0 Å². The minimum Gasteiger partial charge on any atom is -0.494 e. The second kappa shape index (κ2) is 11.5. The first-order valence-electron chi connectivity index (χ1n) is 14.0. The van der Waals surface area contributed by atoms with Crippen molar-refractivity contribution in [3.05, 3.63) is 46.0 Å². The van der Waals surface area contributed by atoms with Crippen LogP contribution in [0.1, 0.15) is 108 Å². The van der Waals surface area contributed by atoms with Gasteiger partial charge in [0.2, 0.25) is 0 Å². The van der Waals surface area contributed by atoms with Crippen LogP contribution in [-0.4, -0.2) is 42.7 Å². The summed E-state index contributed by atoms with van der Waals surface area (Å²) in [6.07, 6.45) is 12.9. The Kier molecular flexibility index (Phi) is 7.99. The summed E-state index contributed by atoms with van der Waals surface area (Å²) in [6.45, 7) is 5.42. The summed E-state index contributed by atoms with van der Waals surface area (Å²) in [4.78, 5) is 18.9. The number of tetrazole rings is 1. The van der Waals surface area contributed by atoms with Crippen molar-refractivity contribution >= 4 is 10.9 Å². The fourth-order valence-corrected chi connectivity index (χ4v) is 6.25. The van der Waals surface area contributed by atoms with Gasteiger partial charge in [0.1, 0.15) is 5.75 Å². The van der Waals surface area contributed by atoms with Crippen molar-refractivity contribution in [2.75, 3.05) is 6.61 Å². The molecule has 2 heterocycles. The van der Waals surface area contributed by atoms with Crippen molar-refractivity contribution in [2.24, 2.45) is 0 Å². The van der Waals surface area contributed by atoms with Crippen molar-refractivity contribution in [1.29, 1.82) is 0 Å². The van der Waals surface area contributed by atoms with Gasteiger partial charge in [-0.3, -0.25) is 9.69 Å². The molecule has 5 rings (SSSR count). The predicted molar refractivity (Wildman–Crippen MR) is 141 cm³/mol. The van der Waals surface area contributed by atoms with Crippen LogP contribution < -0.4 is 10.3 Å². The number of ether oxygens (including phenoxy) is 1. The van der Waals surface area contributed by atoms with Crippen molar-refractivity contribution in [1.82, 2.24) is 30.1 Å². The van der Waals surface area contributed by atoms with E-state index in [0.717, 1.165) is 66.6 Å². The van der Waals surface area contributed by atoms with Gasteiger partial charge in [-0.15, -0.1) is 5.10 Å². The van der Waals surface area contributed by atoms with Crippen molar-refractivity contribution in [3.8, 4) is 5.75 Å². The minimum atomic E-state index is -0.0156. The number of hydrogen-bond acceptors (Lipinski definition) is 6. The molecule has 0 amide bonds. The van der Waals surface area contributed by atoms with Crippen LogP contribution in [0.15, 0.2) is 29.1 Å². The third-order valence-corrected chi connectivity index (χ3v) is 8.05. The van der Waals surface area contributed by atoms with Gasteiger partial charge in [-0.25, -0.2) is 4.68 Å². The Morgan fingerprint density at radius 3 is 2.61 bits per heavy atom. The van der Waals surface area contributed by atoms with Gasteiger partial charge in [-0.05, 0) is 73.7 Å². The average molecular weight is 493 g/mol. The van der Waals surface area contributed by atoms with Crippen LogP contribution >= 0.6 is 0 Å². The molecular formula is C28H40N6O2. The molecule has 0 bridgehead atoms. The van der Waals surface area contributed by atoms with E-state index in [4.69, 9.17) is 4.74 Å². The zero-order valence-electron chi connectivity index (χ0n) is 21.8. The van der Waals surface area contributed by atoms with Gasteiger partial charge in [0, 0.05) is 29.1 Å². The minimum absolute atomic E-state index is 0.0156. The molecule has 8 heteroatoms. The molecule has 0 spiro atoms. The van der Waals surface area contributed by atoms with Gasteiger partial charge in [-0.1, -0.05) is 45.4 Å². The fraction of sp³-hybridized carbons (Fsp3) is 0.643. The maximum atomic E-state index is 13.2. The molecule has 0 radical (unpaired) electrons. The molecule has 2 aliphatic rings. The van der Waals surface area contributed by atoms with Crippen LogP contribution in [-0.2, 0) is 6.54 Å². The van der Waals surface area contributed by atoms with Gasteiger partial charge < -0.3 is 9.72 Å². The summed E-state index contributed by atoms with van der Waals surface area (Å²) >= 11 is 0. The lowest BCUT2D eigenvalue weighted by Gasteiger charge is -2.39. The largest absolute Gasteiger partial charge is 0.494 e. The summed E-state index contributed by atoms with van der Waals surface area (Å²) in [6, 6.07) is 8.83. The topological polar surface area (TPSA) is 88.9 Å². The Labute approximate surface area is 213 Å². The van der Waals surface area contributed by atoms with E-state index in [1.54, 1.807) is 0 Å². The first-order valence-corrected chi connectivity index (χ1v) is 14.0. The Morgan fingerprint density at radius 2 is 1.86 bits per heavy atom. The molecule has 1 N–H and O–H groups in total. The molecule has 3 aromatic rings. The van der Waals surface area contributed by atoms with Crippen LogP contribution in [0.3, 0.4) is 0 Å². The summed E-state index contributed by atoms with van der Waals surface area (Å²) in [5.41, 5.74) is 1.62. The molecule has 1 aromatic carbocycles. The molecule has 2 saturated carbocycles. The second-order valence-corrected chi connectivity index (χ2v) is 10.5. The van der Waals surface area contributed by atoms with Gasteiger partial charge in [0.15, 0.2) is 5.82 Å².